The summed E-state index contributed by atoms with van der Waals surface area (Å²) in [4.78, 5) is 4.31. The molecule has 0 aliphatic heterocycles. The average molecular weight is 291 g/mol. The minimum Gasteiger partial charge on any atom is -0.385 e. The molecule has 4 heteroatoms. The van der Waals surface area contributed by atoms with Gasteiger partial charge in [-0.25, -0.2) is 0 Å². The Bertz CT molecular complexity index is 528. The number of benzene rings is 1. The zero-order valence-corrected chi connectivity index (χ0v) is 12.4. The van der Waals surface area contributed by atoms with Gasteiger partial charge in [0.1, 0.15) is 0 Å². The summed E-state index contributed by atoms with van der Waals surface area (Å²) in [6, 6.07) is 11.7. The molecule has 1 heterocycles. The van der Waals surface area contributed by atoms with Crippen molar-refractivity contribution in [2.24, 2.45) is 0 Å². The van der Waals surface area contributed by atoms with Crippen LogP contribution in [0, 0.1) is 0 Å². The third-order valence-corrected chi connectivity index (χ3v) is 3.08. The van der Waals surface area contributed by atoms with Crippen molar-refractivity contribution in [2.45, 2.75) is 26.6 Å². The summed E-state index contributed by atoms with van der Waals surface area (Å²) in [6.45, 7) is 4.18. The van der Waals surface area contributed by atoms with Gasteiger partial charge >= 0.3 is 0 Å². The lowest BCUT2D eigenvalue weighted by Gasteiger charge is -2.07. The molecule has 0 unspecified atom stereocenters. The van der Waals surface area contributed by atoms with Crippen LogP contribution in [0.3, 0.4) is 0 Å². The highest BCUT2D eigenvalue weighted by molar-refractivity contribution is 6.30. The topological polar surface area (TPSA) is 34.2 Å². The van der Waals surface area contributed by atoms with Crippen molar-refractivity contribution in [2.75, 3.05) is 11.9 Å². The minimum absolute atomic E-state index is 0.504. The highest BCUT2D eigenvalue weighted by Gasteiger charge is 1.99. The van der Waals surface area contributed by atoms with Gasteiger partial charge in [-0.2, -0.15) is 0 Å². The van der Waals surface area contributed by atoms with E-state index in [9.17, 15) is 0 Å². The maximum absolute atomic E-state index is 5.84. The van der Waals surface area contributed by atoms with Crippen LogP contribution in [0.15, 0.2) is 42.6 Å². The highest BCUT2D eigenvalue weighted by atomic mass is 35.5. The van der Waals surface area contributed by atoms with Gasteiger partial charge in [-0.1, -0.05) is 30.7 Å². The van der Waals surface area contributed by atoms with Crippen LogP contribution in [0.5, 0.6) is 0 Å². The van der Waals surface area contributed by atoms with E-state index >= 15 is 0 Å². The summed E-state index contributed by atoms with van der Waals surface area (Å²) >= 11 is 5.84. The second-order valence-corrected chi connectivity index (χ2v) is 5.02. The molecule has 3 nitrogen and oxygen atoms in total. The van der Waals surface area contributed by atoms with Crippen molar-refractivity contribution in [3.63, 3.8) is 0 Å². The standard InChI is InChI=1S/C16H19ClN2O/c1-2-8-18-15-7-9-19-16(10-15)12-20-11-13-3-5-14(17)6-4-13/h3-7,9-10H,2,8,11-12H2,1H3,(H,18,19). The highest BCUT2D eigenvalue weighted by Crippen LogP contribution is 2.12. The number of nitrogens with one attached hydrogen (secondary N) is 1. The summed E-state index contributed by atoms with van der Waals surface area (Å²) < 4.78 is 5.67. The average Bonchev–Trinajstić information content (AvgIpc) is 2.48. The van der Waals surface area contributed by atoms with Gasteiger partial charge in [0.25, 0.3) is 0 Å². The Balaban J connectivity index is 1.82. The van der Waals surface area contributed by atoms with E-state index in [4.69, 9.17) is 16.3 Å². The fourth-order valence-electron chi connectivity index (χ4n) is 1.79. The first-order valence-corrected chi connectivity index (χ1v) is 7.16. The quantitative estimate of drug-likeness (QED) is 0.827. The van der Waals surface area contributed by atoms with E-state index in [0.717, 1.165) is 34.9 Å². The Labute approximate surface area is 124 Å². The Morgan fingerprint density at radius 2 is 1.95 bits per heavy atom. The Morgan fingerprint density at radius 3 is 2.70 bits per heavy atom. The van der Waals surface area contributed by atoms with Crippen molar-refractivity contribution in [3.8, 4) is 0 Å². The molecule has 0 spiro atoms. The van der Waals surface area contributed by atoms with Crippen LogP contribution in [0.1, 0.15) is 24.6 Å². The zero-order chi connectivity index (χ0) is 14.2. The molecule has 106 valence electrons. The molecule has 0 aliphatic carbocycles. The lowest BCUT2D eigenvalue weighted by Crippen LogP contribution is -2.02. The number of pyridine rings is 1. The van der Waals surface area contributed by atoms with Crippen molar-refractivity contribution < 1.29 is 4.74 Å². The van der Waals surface area contributed by atoms with E-state index in [1.165, 1.54) is 0 Å². The van der Waals surface area contributed by atoms with Gasteiger partial charge in [-0.05, 0) is 36.2 Å². The summed E-state index contributed by atoms with van der Waals surface area (Å²) in [7, 11) is 0. The molecule has 20 heavy (non-hydrogen) atoms. The number of ether oxygens (including phenoxy) is 1. The molecule has 0 aliphatic rings. The monoisotopic (exact) mass is 290 g/mol. The largest absolute Gasteiger partial charge is 0.385 e. The Morgan fingerprint density at radius 1 is 1.15 bits per heavy atom. The molecule has 1 aromatic carbocycles. The third-order valence-electron chi connectivity index (χ3n) is 2.83. The van der Waals surface area contributed by atoms with Crippen molar-refractivity contribution in [3.05, 3.63) is 58.9 Å². The molecule has 0 atom stereocenters. The van der Waals surface area contributed by atoms with Crippen LogP contribution in [0.2, 0.25) is 5.02 Å². The van der Waals surface area contributed by atoms with E-state index in [2.05, 4.69) is 17.2 Å². The first-order valence-electron chi connectivity index (χ1n) is 6.79. The maximum Gasteiger partial charge on any atom is 0.0893 e. The second kappa shape index (κ2) is 7.88. The number of hydrogen-bond donors (Lipinski definition) is 1. The van der Waals surface area contributed by atoms with E-state index in [1.807, 2.05) is 36.4 Å². The number of aromatic nitrogens is 1. The van der Waals surface area contributed by atoms with Gasteiger partial charge in [0, 0.05) is 23.5 Å². The first kappa shape index (κ1) is 14.8. The number of rotatable bonds is 7. The molecule has 1 N–H and O–H groups in total. The van der Waals surface area contributed by atoms with Gasteiger partial charge in [0.15, 0.2) is 0 Å². The van der Waals surface area contributed by atoms with Crippen LogP contribution in [-0.2, 0) is 18.0 Å². The van der Waals surface area contributed by atoms with E-state index < -0.39 is 0 Å². The molecule has 2 aromatic rings. The second-order valence-electron chi connectivity index (χ2n) is 4.58. The molecular weight excluding hydrogens is 272 g/mol. The predicted molar refractivity (Wildman–Crippen MR) is 83.0 cm³/mol. The van der Waals surface area contributed by atoms with E-state index in [-0.39, 0.29) is 0 Å². The Hall–Kier alpha value is -1.58. The van der Waals surface area contributed by atoms with Crippen molar-refractivity contribution in [1.29, 1.82) is 0 Å². The molecule has 2 rings (SSSR count). The molecule has 0 saturated heterocycles. The minimum atomic E-state index is 0.504. The predicted octanol–water partition coefficient (Wildman–Crippen LogP) is 4.27. The summed E-state index contributed by atoms with van der Waals surface area (Å²) in [5, 5.41) is 4.08. The fraction of sp³-hybridized carbons (Fsp3) is 0.312. The molecule has 0 fully saturated rings. The van der Waals surface area contributed by atoms with E-state index in [0.29, 0.717) is 13.2 Å². The van der Waals surface area contributed by atoms with Gasteiger partial charge < -0.3 is 10.1 Å². The van der Waals surface area contributed by atoms with Crippen LogP contribution < -0.4 is 5.32 Å². The van der Waals surface area contributed by atoms with Crippen LogP contribution in [-0.4, -0.2) is 11.5 Å². The fourth-order valence-corrected chi connectivity index (χ4v) is 1.92. The lowest BCUT2D eigenvalue weighted by atomic mass is 10.2. The van der Waals surface area contributed by atoms with Crippen molar-refractivity contribution in [1.82, 2.24) is 4.98 Å². The van der Waals surface area contributed by atoms with Crippen LogP contribution >= 0.6 is 11.6 Å². The number of hydrogen-bond acceptors (Lipinski definition) is 3. The lowest BCUT2D eigenvalue weighted by molar-refractivity contribution is 0.104. The smallest absolute Gasteiger partial charge is 0.0893 e. The molecule has 0 radical (unpaired) electrons. The first-order chi connectivity index (χ1) is 9.78. The summed E-state index contributed by atoms with van der Waals surface area (Å²) in [5.74, 6) is 0. The molecule has 0 saturated carbocycles. The van der Waals surface area contributed by atoms with Gasteiger partial charge in [-0.15, -0.1) is 0 Å². The van der Waals surface area contributed by atoms with Crippen LogP contribution in [0.25, 0.3) is 0 Å². The zero-order valence-electron chi connectivity index (χ0n) is 11.6. The maximum atomic E-state index is 5.84. The molecule has 1 aromatic heterocycles. The Kier molecular flexibility index (Phi) is 5.84. The summed E-state index contributed by atoms with van der Waals surface area (Å²) in [6.07, 6.45) is 2.91. The van der Waals surface area contributed by atoms with Crippen LogP contribution in [0.4, 0.5) is 5.69 Å². The number of anilines is 1. The molecule has 0 amide bonds. The number of nitrogens with zero attached hydrogens (tertiary/aromatic N) is 1. The third kappa shape index (κ3) is 4.83. The summed E-state index contributed by atoms with van der Waals surface area (Å²) in [5.41, 5.74) is 3.13. The normalized spacial score (nSPS) is 10.5. The van der Waals surface area contributed by atoms with Gasteiger partial charge in [0.05, 0.1) is 18.9 Å². The molecule has 0 bridgehead atoms. The molecular formula is C16H19ClN2O. The van der Waals surface area contributed by atoms with Crippen molar-refractivity contribution >= 4 is 17.3 Å². The van der Waals surface area contributed by atoms with Gasteiger partial charge in [0.2, 0.25) is 0 Å². The van der Waals surface area contributed by atoms with E-state index in [1.54, 1.807) is 6.20 Å². The van der Waals surface area contributed by atoms with Gasteiger partial charge in [-0.3, -0.25) is 4.98 Å². The SMILES string of the molecule is CCCNc1ccnc(COCc2ccc(Cl)cc2)c1. The number of halogens is 1.